The summed E-state index contributed by atoms with van der Waals surface area (Å²) >= 11 is 7.53. The topological polar surface area (TPSA) is 28.7 Å². The number of nitrogens with one attached hydrogen (secondary N) is 1. The van der Waals surface area contributed by atoms with Gasteiger partial charge in [-0.3, -0.25) is 0 Å². The van der Waals surface area contributed by atoms with Gasteiger partial charge in [0, 0.05) is 21.0 Å². The molecular formula is C17H12ClF3N2S. The van der Waals surface area contributed by atoms with E-state index in [9.17, 15) is 13.2 Å². The summed E-state index contributed by atoms with van der Waals surface area (Å²) in [4.78, 5) is 7.20. The average molecular weight is 369 g/mol. The third-order valence-corrected chi connectivity index (χ3v) is 4.43. The van der Waals surface area contributed by atoms with E-state index in [0.29, 0.717) is 21.8 Å². The van der Waals surface area contributed by atoms with Crippen molar-refractivity contribution >= 4 is 23.4 Å². The van der Waals surface area contributed by atoms with E-state index in [4.69, 9.17) is 11.6 Å². The first-order chi connectivity index (χ1) is 11.4. The van der Waals surface area contributed by atoms with Gasteiger partial charge in [0.1, 0.15) is 0 Å². The van der Waals surface area contributed by atoms with Gasteiger partial charge in [0.05, 0.1) is 11.4 Å². The molecule has 0 saturated carbocycles. The molecule has 0 saturated heterocycles. The Balaban J connectivity index is 2.17. The Morgan fingerprint density at radius 2 is 1.75 bits per heavy atom. The maximum Gasteiger partial charge on any atom is 0.449 e. The van der Waals surface area contributed by atoms with E-state index in [1.54, 1.807) is 48.2 Å². The van der Waals surface area contributed by atoms with Crippen LogP contribution in [0.4, 0.5) is 13.2 Å². The number of rotatable bonds is 3. The first-order valence-electron chi connectivity index (χ1n) is 6.96. The minimum absolute atomic E-state index is 0.224. The van der Waals surface area contributed by atoms with Gasteiger partial charge in [-0.05, 0) is 30.5 Å². The standard InChI is InChI=1S/C17H12ClF3N2S/c1-24-13-7-5-10(6-8-13)14-15(11-3-2-4-12(18)9-11)23-16(22-14)17(19,20)21/h2-9H,1H3,(H,22,23). The number of imidazole rings is 1. The molecule has 0 amide bonds. The maximum atomic E-state index is 13.1. The summed E-state index contributed by atoms with van der Waals surface area (Å²) in [6.45, 7) is 0. The highest BCUT2D eigenvalue weighted by atomic mass is 35.5. The van der Waals surface area contributed by atoms with Crippen LogP contribution >= 0.6 is 23.4 Å². The first-order valence-corrected chi connectivity index (χ1v) is 8.56. The third-order valence-electron chi connectivity index (χ3n) is 3.45. The van der Waals surface area contributed by atoms with Crippen LogP contribution in [-0.4, -0.2) is 16.2 Å². The smallest absolute Gasteiger partial charge is 0.334 e. The van der Waals surface area contributed by atoms with Gasteiger partial charge in [0.25, 0.3) is 0 Å². The highest BCUT2D eigenvalue weighted by Gasteiger charge is 2.36. The van der Waals surface area contributed by atoms with E-state index in [0.717, 1.165) is 4.90 Å². The molecule has 3 rings (SSSR count). The second kappa shape index (κ2) is 6.53. The Kier molecular flexibility index (Phi) is 4.60. The summed E-state index contributed by atoms with van der Waals surface area (Å²) in [7, 11) is 0. The van der Waals surface area contributed by atoms with Crippen LogP contribution in [0.2, 0.25) is 5.02 Å². The predicted molar refractivity (Wildman–Crippen MR) is 91.3 cm³/mol. The summed E-state index contributed by atoms with van der Waals surface area (Å²) in [5.74, 6) is -1.03. The fourth-order valence-corrected chi connectivity index (χ4v) is 2.92. The van der Waals surface area contributed by atoms with Gasteiger partial charge in [-0.15, -0.1) is 11.8 Å². The lowest BCUT2D eigenvalue weighted by atomic mass is 10.1. The molecule has 1 heterocycles. The molecule has 2 nitrogen and oxygen atoms in total. The van der Waals surface area contributed by atoms with Gasteiger partial charge in [-0.2, -0.15) is 13.2 Å². The Morgan fingerprint density at radius 3 is 2.33 bits per heavy atom. The van der Waals surface area contributed by atoms with Crippen LogP contribution in [0, 0.1) is 0 Å². The molecule has 24 heavy (non-hydrogen) atoms. The molecule has 0 unspecified atom stereocenters. The highest BCUT2D eigenvalue weighted by molar-refractivity contribution is 7.98. The molecule has 7 heteroatoms. The van der Waals surface area contributed by atoms with Crippen molar-refractivity contribution in [2.45, 2.75) is 11.1 Å². The van der Waals surface area contributed by atoms with Crippen molar-refractivity contribution in [2.24, 2.45) is 0 Å². The predicted octanol–water partition coefficient (Wildman–Crippen LogP) is 6.14. The highest BCUT2D eigenvalue weighted by Crippen LogP contribution is 2.36. The van der Waals surface area contributed by atoms with E-state index in [1.165, 1.54) is 0 Å². The van der Waals surface area contributed by atoms with E-state index in [2.05, 4.69) is 9.97 Å². The lowest BCUT2D eigenvalue weighted by molar-refractivity contribution is -0.144. The zero-order chi connectivity index (χ0) is 17.3. The number of thioether (sulfide) groups is 1. The monoisotopic (exact) mass is 368 g/mol. The normalized spacial score (nSPS) is 11.7. The van der Waals surface area contributed by atoms with Gasteiger partial charge in [-0.25, -0.2) is 4.98 Å². The van der Waals surface area contributed by atoms with Gasteiger partial charge < -0.3 is 4.98 Å². The van der Waals surface area contributed by atoms with Crippen molar-refractivity contribution in [3.8, 4) is 22.5 Å². The fourth-order valence-electron chi connectivity index (χ4n) is 2.32. The molecule has 0 bridgehead atoms. The van der Waals surface area contributed by atoms with Crippen molar-refractivity contribution < 1.29 is 13.2 Å². The van der Waals surface area contributed by atoms with E-state index in [-0.39, 0.29) is 5.69 Å². The molecule has 0 atom stereocenters. The molecule has 2 aromatic carbocycles. The van der Waals surface area contributed by atoms with Crippen LogP contribution in [0.1, 0.15) is 5.82 Å². The fraction of sp³-hybridized carbons (Fsp3) is 0.118. The number of halogens is 4. The molecule has 0 fully saturated rings. The number of hydrogen-bond donors (Lipinski definition) is 1. The third kappa shape index (κ3) is 3.44. The minimum atomic E-state index is -4.55. The number of hydrogen-bond acceptors (Lipinski definition) is 2. The minimum Gasteiger partial charge on any atom is -0.334 e. The summed E-state index contributed by atoms with van der Waals surface area (Å²) in [6.07, 6.45) is -2.62. The SMILES string of the molecule is CSc1ccc(-c2[nH]c(C(F)(F)F)nc2-c2cccc(Cl)c2)cc1. The Hall–Kier alpha value is -1.92. The summed E-state index contributed by atoms with van der Waals surface area (Å²) in [5.41, 5.74) is 1.70. The lowest BCUT2D eigenvalue weighted by Crippen LogP contribution is -2.07. The van der Waals surface area contributed by atoms with E-state index in [1.807, 2.05) is 18.4 Å². The van der Waals surface area contributed by atoms with Gasteiger partial charge in [0.15, 0.2) is 0 Å². The summed E-state index contributed by atoms with van der Waals surface area (Å²) in [6, 6.07) is 13.9. The number of alkyl halides is 3. The number of aromatic nitrogens is 2. The molecule has 0 aliphatic heterocycles. The molecule has 0 aliphatic rings. The van der Waals surface area contributed by atoms with Crippen LogP contribution in [0.3, 0.4) is 0 Å². The second-order valence-corrected chi connectivity index (χ2v) is 6.36. The largest absolute Gasteiger partial charge is 0.449 e. The average Bonchev–Trinajstić information content (AvgIpc) is 3.00. The molecule has 1 N–H and O–H groups in total. The van der Waals surface area contributed by atoms with Crippen molar-refractivity contribution in [3.63, 3.8) is 0 Å². The van der Waals surface area contributed by atoms with E-state index < -0.39 is 12.0 Å². The van der Waals surface area contributed by atoms with Gasteiger partial charge in [-0.1, -0.05) is 35.9 Å². The number of H-pyrrole nitrogens is 1. The molecule has 1 aromatic heterocycles. The van der Waals surface area contributed by atoms with Crippen molar-refractivity contribution in [3.05, 3.63) is 59.4 Å². The Morgan fingerprint density at radius 1 is 1.04 bits per heavy atom. The Labute approximate surface area is 146 Å². The molecule has 3 aromatic rings. The first kappa shape index (κ1) is 16.9. The summed E-state index contributed by atoms with van der Waals surface area (Å²) < 4.78 is 39.3. The zero-order valence-corrected chi connectivity index (χ0v) is 14.1. The maximum absolute atomic E-state index is 13.1. The van der Waals surface area contributed by atoms with Crippen molar-refractivity contribution in [1.29, 1.82) is 0 Å². The molecule has 0 aliphatic carbocycles. The lowest BCUT2D eigenvalue weighted by Gasteiger charge is -2.05. The van der Waals surface area contributed by atoms with Gasteiger partial charge in [0.2, 0.25) is 5.82 Å². The van der Waals surface area contributed by atoms with Crippen molar-refractivity contribution in [2.75, 3.05) is 6.26 Å². The second-order valence-electron chi connectivity index (χ2n) is 5.05. The Bertz CT molecular complexity index is 857. The van der Waals surface area contributed by atoms with Crippen LogP contribution in [0.15, 0.2) is 53.4 Å². The quantitative estimate of drug-likeness (QED) is 0.563. The van der Waals surface area contributed by atoms with Gasteiger partial charge >= 0.3 is 6.18 Å². The van der Waals surface area contributed by atoms with Crippen LogP contribution in [0.25, 0.3) is 22.5 Å². The molecule has 0 radical (unpaired) electrons. The molecular weight excluding hydrogens is 357 g/mol. The number of aromatic amines is 1. The van der Waals surface area contributed by atoms with Crippen molar-refractivity contribution in [1.82, 2.24) is 9.97 Å². The summed E-state index contributed by atoms with van der Waals surface area (Å²) in [5, 5.41) is 0.438. The van der Waals surface area contributed by atoms with Crippen LogP contribution in [0.5, 0.6) is 0 Å². The zero-order valence-electron chi connectivity index (χ0n) is 12.5. The van der Waals surface area contributed by atoms with E-state index >= 15 is 0 Å². The molecule has 0 spiro atoms. The van der Waals surface area contributed by atoms with Crippen LogP contribution < -0.4 is 0 Å². The number of benzene rings is 2. The van der Waals surface area contributed by atoms with Crippen LogP contribution in [-0.2, 0) is 6.18 Å². The number of nitrogens with zero attached hydrogens (tertiary/aromatic N) is 1. The molecule has 124 valence electrons.